The molecule has 0 atom stereocenters. The molecule has 0 spiro atoms. The maximum atomic E-state index is 8.49. The third kappa shape index (κ3) is 1.49. The summed E-state index contributed by atoms with van der Waals surface area (Å²) in [5, 5.41) is 9.74. The number of hydrogen-bond donors (Lipinski definition) is 0. The summed E-state index contributed by atoms with van der Waals surface area (Å²) in [5.41, 5.74) is 2.48. The fourth-order valence-electron chi connectivity index (χ4n) is 1.69. The zero-order valence-electron chi connectivity index (χ0n) is 8.20. The Morgan fingerprint density at radius 3 is 3.00 bits per heavy atom. The molecule has 2 heteroatoms. The Bertz CT molecular complexity index is 488. The monoisotopic (exact) mass is 184 g/mol. The fourth-order valence-corrected chi connectivity index (χ4v) is 1.69. The second kappa shape index (κ2) is 3.55. The molecule has 1 heterocycles. The van der Waals surface area contributed by atoms with Crippen LogP contribution in [0.15, 0.2) is 30.5 Å². The molecule has 0 radical (unpaired) electrons. The molecule has 1 aromatic heterocycles. The Hall–Kier alpha value is -1.75. The highest BCUT2D eigenvalue weighted by atomic mass is 14.9. The van der Waals surface area contributed by atoms with E-state index in [1.165, 1.54) is 16.5 Å². The van der Waals surface area contributed by atoms with E-state index in [1.807, 2.05) is 7.05 Å². The number of rotatable bonds is 2. The summed E-state index contributed by atoms with van der Waals surface area (Å²) >= 11 is 0. The van der Waals surface area contributed by atoms with Gasteiger partial charge in [0.2, 0.25) is 0 Å². The standard InChI is InChI=1S/C12H12N2/c1-14-8-6-11-9-10(3-2-7-13)4-5-12(11)14/h4-6,8-9H,2-3H2,1H3. The van der Waals surface area contributed by atoms with Crippen molar-refractivity contribution in [1.82, 2.24) is 4.57 Å². The lowest BCUT2D eigenvalue weighted by molar-refractivity contribution is 0.967. The molecule has 0 amide bonds. The van der Waals surface area contributed by atoms with Crippen LogP contribution in [0.2, 0.25) is 0 Å². The first kappa shape index (κ1) is 8.83. The summed E-state index contributed by atoms with van der Waals surface area (Å²) in [7, 11) is 2.04. The third-order valence-electron chi connectivity index (χ3n) is 2.48. The average molecular weight is 184 g/mol. The second-order valence-electron chi connectivity index (χ2n) is 3.48. The lowest BCUT2D eigenvalue weighted by atomic mass is 10.1. The summed E-state index contributed by atoms with van der Waals surface area (Å²) in [4.78, 5) is 0. The summed E-state index contributed by atoms with van der Waals surface area (Å²) < 4.78 is 2.10. The molecule has 0 aliphatic carbocycles. The highest BCUT2D eigenvalue weighted by Crippen LogP contribution is 2.17. The van der Waals surface area contributed by atoms with E-state index in [0.29, 0.717) is 6.42 Å². The van der Waals surface area contributed by atoms with Gasteiger partial charge >= 0.3 is 0 Å². The first-order valence-corrected chi connectivity index (χ1v) is 4.72. The van der Waals surface area contributed by atoms with Gasteiger partial charge < -0.3 is 4.57 Å². The molecule has 0 bridgehead atoms. The van der Waals surface area contributed by atoms with Crippen LogP contribution < -0.4 is 0 Å². The van der Waals surface area contributed by atoms with Gasteiger partial charge in [-0.15, -0.1) is 0 Å². The largest absolute Gasteiger partial charge is 0.351 e. The zero-order chi connectivity index (χ0) is 9.97. The van der Waals surface area contributed by atoms with Crippen molar-refractivity contribution in [2.45, 2.75) is 12.8 Å². The van der Waals surface area contributed by atoms with Gasteiger partial charge in [-0.05, 0) is 35.6 Å². The van der Waals surface area contributed by atoms with Crippen LogP contribution in [0.25, 0.3) is 10.9 Å². The van der Waals surface area contributed by atoms with E-state index in [9.17, 15) is 0 Å². The third-order valence-corrected chi connectivity index (χ3v) is 2.48. The van der Waals surface area contributed by atoms with Crippen LogP contribution >= 0.6 is 0 Å². The molecule has 1 aromatic carbocycles. The van der Waals surface area contributed by atoms with Crippen molar-refractivity contribution in [1.29, 1.82) is 5.26 Å². The van der Waals surface area contributed by atoms with E-state index in [0.717, 1.165) is 6.42 Å². The van der Waals surface area contributed by atoms with Crippen LogP contribution in [0.5, 0.6) is 0 Å². The molecule has 0 N–H and O–H groups in total. The first-order chi connectivity index (χ1) is 6.81. The Kier molecular flexibility index (Phi) is 2.24. The number of hydrogen-bond acceptors (Lipinski definition) is 1. The Morgan fingerprint density at radius 1 is 1.36 bits per heavy atom. The minimum Gasteiger partial charge on any atom is -0.351 e. The molecular formula is C12H12N2. The van der Waals surface area contributed by atoms with Crippen LogP contribution in [0.4, 0.5) is 0 Å². The van der Waals surface area contributed by atoms with Crippen LogP contribution in [0.3, 0.4) is 0 Å². The smallest absolute Gasteiger partial charge is 0.0625 e. The van der Waals surface area contributed by atoms with Gasteiger partial charge in [0.05, 0.1) is 6.07 Å². The molecule has 0 aliphatic rings. The highest BCUT2D eigenvalue weighted by molar-refractivity contribution is 5.80. The fraction of sp³-hybridized carbons (Fsp3) is 0.250. The number of aryl methyl sites for hydroxylation is 2. The molecule has 0 saturated heterocycles. The van der Waals surface area contributed by atoms with Crippen molar-refractivity contribution in [2.75, 3.05) is 0 Å². The molecule has 2 nitrogen and oxygen atoms in total. The van der Waals surface area contributed by atoms with Gasteiger partial charge in [-0.2, -0.15) is 5.26 Å². The predicted octanol–water partition coefficient (Wildman–Crippen LogP) is 2.63. The van der Waals surface area contributed by atoms with E-state index >= 15 is 0 Å². The van der Waals surface area contributed by atoms with Gasteiger partial charge in [0.25, 0.3) is 0 Å². The topological polar surface area (TPSA) is 28.7 Å². The molecule has 70 valence electrons. The van der Waals surface area contributed by atoms with Crippen LogP contribution in [0, 0.1) is 11.3 Å². The van der Waals surface area contributed by atoms with Crippen LogP contribution in [-0.2, 0) is 13.5 Å². The molecule has 2 aromatic rings. The Labute approximate surface area is 83.4 Å². The van der Waals surface area contributed by atoms with Gasteiger partial charge in [0.1, 0.15) is 0 Å². The van der Waals surface area contributed by atoms with E-state index in [-0.39, 0.29) is 0 Å². The minimum atomic E-state index is 0.596. The number of nitriles is 1. The summed E-state index contributed by atoms with van der Waals surface area (Å²) in [5.74, 6) is 0. The van der Waals surface area contributed by atoms with E-state index in [1.54, 1.807) is 0 Å². The van der Waals surface area contributed by atoms with Crippen molar-refractivity contribution in [3.8, 4) is 6.07 Å². The van der Waals surface area contributed by atoms with Crippen molar-refractivity contribution in [2.24, 2.45) is 7.05 Å². The van der Waals surface area contributed by atoms with Gasteiger partial charge in [-0.1, -0.05) is 6.07 Å². The van der Waals surface area contributed by atoms with E-state index < -0.39 is 0 Å². The maximum Gasteiger partial charge on any atom is 0.0625 e. The quantitative estimate of drug-likeness (QED) is 0.705. The van der Waals surface area contributed by atoms with Gasteiger partial charge in [-0.25, -0.2) is 0 Å². The molecule has 0 saturated carbocycles. The molecule has 0 unspecified atom stereocenters. The second-order valence-corrected chi connectivity index (χ2v) is 3.48. The Morgan fingerprint density at radius 2 is 2.21 bits per heavy atom. The summed E-state index contributed by atoms with van der Waals surface area (Å²) in [6.45, 7) is 0. The van der Waals surface area contributed by atoms with E-state index in [2.05, 4.69) is 41.1 Å². The average Bonchev–Trinajstić information content (AvgIpc) is 2.57. The number of aromatic nitrogens is 1. The molecule has 2 rings (SSSR count). The predicted molar refractivity (Wildman–Crippen MR) is 56.9 cm³/mol. The van der Waals surface area contributed by atoms with Crippen LogP contribution in [-0.4, -0.2) is 4.57 Å². The SMILES string of the molecule is Cn1ccc2cc(CCC#N)ccc21. The lowest BCUT2D eigenvalue weighted by Gasteiger charge is -1.99. The van der Waals surface area contributed by atoms with Gasteiger partial charge in [0.15, 0.2) is 0 Å². The van der Waals surface area contributed by atoms with Crippen molar-refractivity contribution in [3.05, 3.63) is 36.0 Å². The maximum absolute atomic E-state index is 8.49. The van der Waals surface area contributed by atoms with E-state index in [4.69, 9.17) is 5.26 Å². The van der Waals surface area contributed by atoms with Gasteiger partial charge in [-0.3, -0.25) is 0 Å². The minimum absolute atomic E-state index is 0.596. The summed E-state index contributed by atoms with van der Waals surface area (Å²) in [6.07, 6.45) is 3.50. The highest BCUT2D eigenvalue weighted by Gasteiger charge is 1.99. The zero-order valence-corrected chi connectivity index (χ0v) is 8.20. The molecular weight excluding hydrogens is 172 g/mol. The molecule has 0 fully saturated rings. The lowest BCUT2D eigenvalue weighted by Crippen LogP contribution is -1.86. The first-order valence-electron chi connectivity index (χ1n) is 4.72. The van der Waals surface area contributed by atoms with Crippen LogP contribution in [0.1, 0.15) is 12.0 Å². The summed E-state index contributed by atoms with van der Waals surface area (Å²) in [6, 6.07) is 10.6. The van der Waals surface area contributed by atoms with Crippen molar-refractivity contribution >= 4 is 10.9 Å². The van der Waals surface area contributed by atoms with Gasteiger partial charge in [0, 0.05) is 25.2 Å². The normalized spacial score (nSPS) is 10.3. The number of nitrogens with zero attached hydrogens (tertiary/aromatic N) is 2. The molecule has 14 heavy (non-hydrogen) atoms. The van der Waals surface area contributed by atoms with Crippen molar-refractivity contribution < 1.29 is 0 Å². The Balaban J connectivity index is 2.38. The number of fused-ring (bicyclic) bond motifs is 1. The van der Waals surface area contributed by atoms with Crippen molar-refractivity contribution in [3.63, 3.8) is 0 Å². The molecule has 0 aliphatic heterocycles. The number of benzene rings is 1.